The van der Waals surface area contributed by atoms with Crippen LogP contribution in [-0.4, -0.2) is 54.7 Å². The summed E-state index contributed by atoms with van der Waals surface area (Å²) in [5, 5.41) is 25.9. The van der Waals surface area contributed by atoms with Gasteiger partial charge in [0.2, 0.25) is 0 Å². The lowest BCUT2D eigenvalue weighted by atomic mass is 9.78. The summed E-state index contributed by atoms with van der Waals surface area (Å²) in [7, 11) is 0. The molecule has 0 bridgehead atoms. The van der Waals surface area contributed by atoms with Gasteiger partial charge in [0.25, 0.3) is 5.91 Å². The molecule has 1 fully saturated rings. The Morgan fingerprint density at radius 2 is 1.59 bits per heavy atom. The monoisotopic (exact) mass is 511 g/mol. The van der Waals surface area contributed by atoms with E-state index in [1.807, 2.05) is 61.5 Å². The number of nitrogens with zero attached hydrogens (tertiary/aromatic N) is 2. The number of nitrogens with one attached hydrogen (secondary N) is 1. The zero-order valence-electron chi connectivity index (χ0n) is 23.3. The van der Waals surface area contributed by atoms with Gasteiger partial charge in [-0.1, -0.05) is 41.5 Å². The number of hydrazone groups is 1. The number of benzene rings is 2. The maximum Gasteiger partial charge on any atom is 0.271 e. The summed E-state index contributed by atoms with van der Waals surface area (Å²) in [6.07, 6.45) is 1.41. The Morgan fingerprint density at radius 3 is 2.11 bits per heavy atom. The van der Waals surface area contributed by atoms with Crippen molar-refractivity contribution >= 4 is 17.8 Å². The number of morpholine rings is 1. The molecule has 0 radical (unpaired) electrons. The van der Waals surface area contributed by atoms with Crippen LogP contribution >= 0.6 is 0 Å². The smallest absolute Gasteiger partial charge is 0.271 e. The van der Waals surface area contributed by atoms with Crippen LogP contribution in [0.15, 0.2) is 29.4 Å². The van der Waals surface area contributed by atoms with E-state index in [2.05, 4.69) is 15.4 Å². The zero-order valence-corrected chi connectivity index (χ0v) is 23.3. The fraction of sp³-hybridized carbons (Fsp3) is 0.517. The quantitative estimate of drug-likeness (QED) is 0.369. The Balaban J connectivity index is 1.94. The van der Waals surface area contributed by atoms with Gasteiger partial charge in [-0.15, -0.1) is 0 Å². The van der Waals surface area contributed by atoms with E-state index >= 15 is 0 Å². The van der Waals surface area contributed by atoms with Gasteiger partial charge >= 0.3 is 0 Å². The number of carbonyl (C=O) groups is 1. The van der Waals surface area contributed by atoms with Crippen LogP contribution in [0.1, 0.15) is 82.4 Å². The normalized spacial score (nSPS) is 14.9. The molecule has 3 rings (SSSR count). The Kier molecular flexibility index (Phi) is 8.42. The lowest BCUT2D eigenvalue weighted by molar-refractivity contribution is 0.0954. The number of anilines is 1. The molecular formula is C29H41N3O5. The molecule has 1 aliphatic rings. The van der Waals surface area contributed by atoms with Gasteiger partial charge in [0.05, 0.1) is 36.8 Å². The molecule has 8 heteroatoms. The largest absolute Gasteiger partial charge is 0.507 e. The minimum atomic E-state index is -0.403. The van der Waals surface area contributed by atoms with Crippen LogP contribution < -0.4 is 15.1 Å². The average Bonchev–Trinajstić information content (AvgIpc) is 2.78. The highest BCUT2D eigenvalue weighted by molar-refractivity contribution is 5.97. The third kappa shape index (κ3) is 6.95. The molecule has 0 aromatic heterocycles. The molecule has 8 nitrogen and oxygen atoms in total. The summed E-state index contributed by atoms with van der Waals surface area (Å²) in [4.78, 5) is 15.2. The van der Waals surface area contributed by atoms with Crippen LogP contribution in [0.2, 0.25) is 0 Å². The molecule has 1 heterocycles. The van der Waals surface area contributed by atoms with Crippen LogP contribution in [0.25, 0.3) is 0 Å². The average molecular weight is 512 g/mol. The summed E-state index contributed by atoms with van der Waals surface area (Å²) in [6, 6.07) is 6.85. The van der Waals surface area contributed by atoms with Gasteiger partial charge in [0, 0.05) is 41.9 Å². The van der Waals surface area contributed by atoms with E-state index < -0.39 is 5.91 Å². The van der Waals surface area contributed by atoms with Gasteiger partial charge < -0.3 is 24.6 Å². The highest BCUT2D eigenvalue weighted by Gasteiger charge is 2.28. The maximum absolute atomic E-state index is 13.1. The lowest BCUT2D eigenvalue weighted by Crippen LogP contribution is -2.36. The number of aromatic hydroxyl groups is 2. The van der Waals surface area contributed by atoms with Gasteiger partial charge in [-0.2, -0.15) is 5.10 Å². The number of carbonyl (C=O) groups excluding carboxylic acids is 1. The van der Waals surface area contributed by atoms with E-state index in [0.29, 0.717) is 54.3 Å². The lowest BCUT2D eigenvalue weighted by Gasteiger charge is -2.30. The first-order chi connectivity index (χ1) is 17.2. The number of rotatable bonds is 6. The number of phenols is 2. The highest BCUT2D eigenvalue weighted by Crippen LogP contribution is 2.40. The Bertz CT molecular complexity index is 1120. The van der Waals surface area contributed by atoms with Crippen LogP contribution in [0.5, 0.6) is 17.2 Å². The fourth-order valence-electron chi connectivity index (χ4n) is 4.27. The molecule has 0 unspecified atom stereocenters. The number of amides is 1. The highest BCUT2D eigenvalue weighted by atomic mass is 16.5. The second kappa shape index (κ2) is 11.0. The van der Waals surface area contributed by atoms with Gasteiger partial charge in [-0.3, -0.25) is 4.79 Å². The number of ether oxygens (including phenoxy) is 2. The molecule has 1 amide bonds. The molecule has 202 valence electrons. The first-order valence-electron chi connectivity index (χ1n) is 12.8. The Morgan fingerprint density at radius 1 is 1.03 bits per heavy atom. The van der Waals surface area contributed by atoms with Crippen molar-refractivity contribution in [1.29, 1.82) is 0 Å². The molecule has 1 aliphatic heterocycles. The summed E-state index contributed by atoms with van der Waals surface area (Å²) in [5.74, 6) is 0.374. The van der Waals surface area contributed by atoms with Crippen molar-refractivity contribution in [3.63, 3.8) is 0 Å². The number of hydrogen-bond donors (Lipinski definition) is 3. The fourth-order valence-corrected chi connectivity index (χ4v) is 4.27. The number of phenolic OH excluding ortho intramolecular Hbond substituents is 2. The molecule has 37 heavy (non-hydrogen) atoms. The molecule has 0 aliphatic carbocycles. The minimum absolute atomic E-state index is 0.00677. The molecule has 0 atom stereocenters. The SMILES string of the molecule is CC(C)Oc1cc(O)c(C=NNC(=O)c2cc(C(C)(C)C)c(O)c(C(C)(C)C)c2)c(N2CCOCC2)c1. The maximum atomic E-state index is 13.1. The van der Waals surface area contributed by atoms with Crippen molar-refractivity contribution in [3.05, 3.63) is 46.5 Å². The molecule has 0 spiro atoms. The molecule has 1 saturated heterocycles. The number of hydrogen-bond acceptors (Lipinski definition) is 7. The van der Waals surface area contributed by atoms with Crippen LogP contribution in [-0.2, 0) is 15.6 Å². The van der Waals surface area contributed by atoms with Crippen molar-refractivity contribution in [2.75, 3.05) is 31.2 Å². The summed E-state index contributed by atoms with van der Waals surface area (Å²) < 4.78 is 11.3. The first kappa shape index (κ1) is 28.3. The predicted molar refractivity (Wildman–Crippen MR) is 147 cm³/mol. The van der Waals surface area contributed by atoms with Crippen molar-refractivity contribution < 1.29 is 24.5 Å². The Hall–Kier alpha value is -3.26. The van der Waals surface area contributed by atoms with Crippen molar-refractivity contribution in [1.82, 2.24) is 5.43 Å². The van der Waals surface area contributed by atoms with Crippen molar-refractivity contribution in [2.24, 2.45) is 5.10 Å². The van der Waals surface area contributed by atoms with E-state index in [1.54, 1.807) is 18.2 Å². The van der Waals surface area contributed by atoms with E-state index in [4.69, 9.17) is 9.47 Å². The van der Waals surface area contributed by atoms with Gasteiger partial charge in [0.15, 0.2) is 0 Å². The third-order valence-electron chi connectivity index (χ3n) is 6.18. The topological polar surface area (TPSA) is 104 Å². The van der Waals surface area contributed by atoms with Crippen LogP contribution in [0.3, 0.4) is 0 Å². The van der Waals surface area contributed by atoms with E-state index in [9.17, 15) is 15.0 Å². The van der Waals surface area contributed by atoms with E-state index in [0.717, 1.165) is 5.69 Å². The summed E-state index contributed by atoms with van der Waals surface area (Å²) >= 11 is 0. The minimum Gasteiger partial charge on any atom is -0.507 e. The second-order valence-corrected chi connectivity index (χ2v) is 11.8. The third-order valence-corrected chi connectivity index (χ3v) is 6.18. The van der Waals surface area contributed by atoms with Gasteiger partial charge in [-0.25, -0.2) is 5.43 Å². The standard InChI is InChI=1S/C29H41N3O5/c1-18(2)37-20-15-24(32-9-11-36-12-10-32)21(25(33)16-20)17-30-31-27(35)19-13-22(28(3,4)5)26(34)23(14-19)29(6,7)8/h13-18,33-34H,9-12H2,1-8H3,(H,31,35). The van der Waals surface area contributed by atoms with Gasteiger partial charge in [0.1, 0.15) is 17.2 Å². The first-order valence-corrected chi connectivity index (χ1v) is 12.8. The molecular weight excluding hydrogens is 470 g/mol. The summed E-state index contributed by atoms with van der Waals surface area (Å²) in [6.45, 7) is 18.3. The molecule has 3 N–H and O–H groups in total. The zero-order chi connectivity index (χ0) is 27.5. The van der Waals surface area contributed by atoms with E-state index in [-0.39, 0.29) is 28.4 Å². The van der Waals surface area contributed by atoms with Crippen molar-refractivity contribution in [2.45, 2.75) is 72.3 Å². The second-order valence-electron chi connectivity index (χ2n) is 11.8. The van der Waals surface area contributed by atoms with Crippen LogP contribution in [0, 0.1) is 0 Å². The Labute approximate surface area is 220 Å². The van der Waals surface area contributed by atoms with E-state index in [1.165, 1.54) is 6.21 Å². The van der Waals surface area contributed by atoms with Crippen molar-refractivity contribution in [3.8, 4) is 17.2 Å². The molecule has 2 aromatic rings. The molecule has 0 saturated carbocycles. The molecule has 2 aromatic carbocycles. The predicted octanol–water partition coefficient (Wildman–Crippen LogP) is 5.08. The van der Waals surface area contributed by atoms with Gasteiger partial charge in [-0.05, 0) is 36.8 Å². The van der Waals surface area contributed by atoms with Crippen LogP contribution in [0.4, 0.5) is 5.69 Å². The summed E-state index contributed by atoms with van der Waals surface area (Å²) in [5.41, 5.74) is 4.91.